The molecule has 0 bridgehead atoms. The van der Waals surface area contributed by atoms with Gasteiger partial charge in [-0.05, 0) is 73.9 Å². The summed E-state index contributed by atoms with van der Waals surface area (Å²) >= 11 is 3.48. The van der Waals surface area contributed by atoms with Crippen molar-refractivity contribution in [2.45, 2.75) is 31.8 Å². The molecule has 8 heteroatoms. The predicted octanol–water partition coefficient (Wildman–Crippen LogP) is 6.66. The number of para-hydroxylation sites is 1. The first kappa shape index (κ1) is 27.6. The molecule has 0 radical (unpaired) electrons. The fourth-order valence-corrected chi connectivity index (χ4v) is 4.20. The summed E-state index contributed by atoms with van der Waals surface area (Å²) in [6.07, 6.45) is 10.4. The number of hydrogen-bond acceptors (Lipinski definition) is 6. The lowest BCUT2D eigenvalue weighted by Crippen LogP contribution is -2.45. The summed E-state index contributed by atoms with van der Waals surface area (Å²) in [4.78, 5) is 9.88. The maximum absolute atomic E-state index is 12.4. The first-order chi connectivity index (χ1) is 17.5. The molecule has 2 aromatic rings. The molecule has 1 N–H and O–H groups in total. The van der Waals surface area contributed by atoms with Gasteiger partial charge in [0, 0.05) is 22.1 Å². The molecule has 0 spiro atoms. The van der Waals surface area contributed by atoms with Gasteiger partial charge in [-0.3, -0.25) is 0 Å². The van der Waals surface area contributed by atoms with Crippen molar-refractivity contribution < 1.29 is 24.0 Å². The van der Waals surface area contributed by atoms with E-state index in [1.807, 2.05) is 12.1 Å². The van der Waals surface area contributed by atoms with E-state index in [1.165, 1.54) is 0 Å². The van der Waals surface area contributed by atoms with Gasteiger partial charge >= 0.3 is 6.08 Å². The van der Waals surface area contributed by atoms with Gasteiger partial charge in [-0.15, -0.1) is 0 Å². The van der Waals surface area contributed by atoms with E-state index in [9.17, 15) is 9.63 Å². The molecule has 1 aliphatic heterocycles. The van der Waals surface area contributed by atoms with Crippen LogP contribution in [0.3, 0.4) is 0 Å². The highest BCUT2D eigenvalue weighted by molar-refractivity contribution is 9.11. The van der Waals surface area contributed by atoms with Crippen molar-refractivity contribution in [3.8, 4) is 11.5 Å². The molecule has 2 aromatic carbocycles. The molecular weight excluding hydrogens is 527 g/mol. The van der Waals surface area contributed by atoms with Gasteiger partial charge in [-0.25, -0.2) is 4.94 Å². The maximum Gasteiger partial charge on any atom is 0.433 e. The summed E-state index contributed by atoms with van der Waals surface area (Å²) in [7, 11) is 1.56. The van der Waals surface area contributed by atoms with Gasteiger partial charge in [-0.2, -0.15) is 4.99 Å². The highest BCUT2D eigenvalue weighted by Gasteiger charge is 2.34. The number of allylic oxidation sites excluding steroid dienone is 4. The van der Waals surface area contributed by atoms with Gasteiger partial charge in [0.25, 0.3) is 0 Å². The Hall–Kier alpha value is -2.94. The summed E-state index contributed by atoms with van der Waals surface area (Å²) in [5.74, 6) is 1.07. The molecule has 6 nitrogen and oxygen atoms in total. The third-order valence-electron chi connectivity index (χ3n) is 6.05. The SMILES string of the molecule is CCN1CCC(O)(C2=CCC=C(Br)C=C2)CC1.COc1ccc(OC(=Nc2ccccc2)OF)cc1. The van der Waals surface area contributed by atoms with Crippen molar-refractivity contribution in [1.82, 2.24) is 4.90 Å². The third-order valence-corrected chi connectivity index (χ3v) is 6.64. The normalized spacial score (nSPS) is 17.6. The Morgan fingerprint density at radius 1 is 1.03 bits per heavy atom. The largest absolute Gasteiger partial charge is 0.497 e. The van der Waals surface area contributed by atoms with Crippen LogP contribution >= 0.6 is 15.9 Å². The summed E-state index contributed by atoms with van der Waals surface area (Å²) in [6.45, 7) is 5.24. The molecule has 0 amide bonds. The van der Waals surface area contributed by atoms with E-state index in [0.717, 1.165) is 49.0 Å². The number of hydrogen-bond donors (Lipinski definition) is 1. The van der Waals surface area contributed by atoms with E-state index in [2.05, 4.69) is 55.9 Å². The fraction of sp³-hybridized carbons (Fsp3) is 0.321. The van der Waals surface area contributed by atoms with E-state index >= 15 is 0 Å². The Morgan fingerprint density at radius 3 is 2.31 bits per heavy atom. The van der Waals surface area contributed by atoms with Gasteiger partial charge < -0.3 is 19.5 Å². The number of aliphatic imine (C=N–C) groups is 1. The second-order valence-electron chi connectivity index (χ2n) is 8.35. The smallest absolute Gasteiger partial charge is 0.433 e. The van der Waals surface area contributed by atoms with Crippen molar-refractivity contribution in [3.05, 3.63) is 89.0 Å². The van der Waals surface area contributed by atoms with Crippen LogP contribution < -0.4 is 9.47 Å². The molecule has 4 rings (SSSR count). The molecule has 0 saturated carbocycles. The lowest BCUT2D eigenvalue weighted by Gasteiger charge is -2.38. The first-order valence-electron chi connectivity index (χ1n) is 11.9. The first-order valence-corrected chi connectivity index (χ1v) is 12.7. The average molecular weight is 559 g/mol. The number of aliphatic hydroxyl groups is 1. The number of likely N-dealkylation sites (tertiary alicyclic amines) is 1. The van der Waals surface area contributed by atoms with Crippen LogP contribution in [0.2, 0.25) is 0 Å². The molecule has 0 atom stereocenters. The number of methoxy groups -OCH3 is 1. The van der Waals surface area contributed by atoms with E-state index < -0.39 is 11.7 Å². The molecule has 0 aromatic heterocycles. The Labute approximate surface area is 220 Å². The second-order valence-corrected chi connectivity index (χ2v) is 9.27. The van der Waals surface area contributed by atoms with Crippen molar-refractivity contribution in [2.24, 2.45) is 4.99 Å². The average Bonchev–Trinajstić information content (AvgIpc) is 3.15. The monoisotopic (exact) mass is 558 g/mol. The predicted molar refractivity (Wildman–Crippen MR) is 144 cm³/mol. The van der Waals surface area contributed by atoms with Crippen LogP contribution in [0.5, 0.6) is 11.5 Å². The second kappa shape index (κ2) is 14.0. The zero-order valence-corrected chi connectivity index (χ0v) is 22.2. The van der Waals surface area contributed by atoms with Crippen LogP contribution in [0, 0.1) is 0 Å². The van der Waals surface area contributed by atoms with Crippen molar-refractivity contribution in [1.29, 1.82) is 0 Å². The number of piperidine rings is 1. The number of benzene rings is 2. The van der Waals surface area contributed by atoms with Crippen LogP contribution in [0.25, 0.3) is 0 Å². The van der Waals surface area contributed by atoms with Gasteiger partial charge in [0.1, 0.15) is 11.5 Å². The standard InChI is InChI=1S/C14H20BrNO.C14H12FNO3/c1-2-16-10-8-14(17,9-11-16)12-4-3-5-13(15)7-6-12;1-17-12-7-9-13(10-8-12)18-14(19-15)16-11-5-3-2-4-6-11/h4-7,17H,2-3,8-11H2,1H3;2-10H,1H3. The van der Waals surface area contributed by atoms with Crippen LogP contribution in [-0.2, 0) is 4.94 Å². The van der Waals surface area contributed by atoms with Crippen molar-refractivity contribution in [3.63, 3.8) is 0 Å². The molecule has 0 unspecified atom stereocenters. The van der Waals surface area contributed by atoms with Crippen LogP contribution in [0.4, 0.5) is 10.2 Å². The fourth-order valence-electron chi connectivity index (χ4n) is 3.89. The van der Waals surface area contributed by atoms with Gasteiger partial charge in [0.05, 0.1) is 18.4 Å². The van der Waals surface area contributed by atoms with Crippen LogP contribution in [0.1, 0.15) is 26.2 Å². The Balaban J connectivity index is 0.000000202. The minimum atomic E-state index is -0.617. The maximum atomic E-state index is 12.4. The van der Waals surface area contributed by atoms with Crippen molar-refractivity contribution in [2.75, 3.05) is 26.7 Å². The molecule has 1 heterocycles. The Kier molecular flexibility index (Phi) is 10.7. The van der Waals surface area contributed by atoms with E-state index in [-0.39, 0.29) is 0 Å². The topological polar surface area (TPSA) is 63.5 Å². The van der Waals surface area contributed by atoms with Gasteiger partial charge in [0.2, 0.25) is 0 Å². The van der Waals surface area contributed by atoms with E-state index in [4.69, 9.17) is 9.47 Å². The summed E-state index contributed by atoms with van der Waals surface area (Å²) in [6, 6.07) is 15.4. The van der Waals surface area contributed by atoms with E-state index in [1.54, 1.807) is 55.6 Å². The summed E-state index contributed by atoms with van der Waals surface area (Å²) < 4.78 is 23.7. The molecular formula is C28H32BrFN2O4. The third kappa shape index (κ3) is 8.33. The lowest BCUT2D eigenvalue weighted by atomic mass is 9.83. The number of nitrogens with zero attached hydrogens (tertiary/aromatic N) is 2. The molecule has 1 saturated heterocycles. The number of ether oxygens (including phenoxy) is 2. The number of rotatable bonds is 5. The zero-order valence-electron chi connectivity index (χ0n) is 20.6. The Morgan fingerprint density at radius 2 is 1.69 bits per heavy atom. The number of halogens is 2. The lowest BCUT2D eigenvalue weighted by molar-refractivity contribution is -0.0464. The summed E-state index contributed by atoms with van der Waals surface area (Å²) in [5, 5.41) is 10.7. The molecule has 192 valence electrons. The minimum absolute atomic E-state index is 0.396. The van der Waals surface area contributed by atoms with Gasteiger partial charge in [0.15, 0.2) is 0 Å². The zero-order chi connectivity index (χ0) is 25.8. The Bertz CT molecular complexity index is 1080. The minimum Gasteiger partial charge on any atom is -0.497 e. The van der Waals surface area contributed by atoms with Crippen LogP contribution in [0.15, 0.2) is 93.9 Å². The van der Waals surface area contributed by atoms with Crippen LogP contribution in [-0.4, -0.2) is 48.4 Å². The molecule has 36 heavy (non-hydrogen) atoms. The quantitative estimate of drug-likeness (QED) is 0.328. The highest BCUT2D eigenvalue weighted by atomic mass is 79.9. The molecule has 2 aliphatic rings. The molecule has 1 fully saturated rings. The van der Waals surface area contributed by atoms with E-state index in [0.29, 0.717) is 17.2 Å². The summed E-state index contributed by atoms with van der Waals surface area (Å²) in [5.41, 5.74) is 0.996. The van der Waals surface area contributed by atoms with Crippen molar-refractivity contribution >= 4 is 27.7 Å². The highest BCUT2D eigenvalue weighted by Crippen LogP contribution is 2.32. The van der Waals surface area contributed by atoms with Gasteiger partial charge in [-0.1, -0.05) is 59.3 Å². The molecule has 1 aliphatic carbocycles.